The molecule has 6 heteroatoms. The molecule has 0 radical (unpaired) electrons. The maximum atomic E-state index is 12.4. The summed E-state index contributed by atoms with van der Waals surface area (Å²) < 4.78 is 37.2. The highest BCUT2D eigenvalue weighted by Crippen LogP contribution is 2.31. The molecule has 0 atom stereocenters. The van der Waals surface area contributed by atoms with Crippen molar-refractivity contribution in [1.82, 2.24) is 4.31 Å². The Bertz CT molecular complexity index is 524. The van der Waals surface area contributed by atoms with Gasteiger partial charge in [0, 0.05) is 19.2 Å². The highest BCUT2D eigenvalue weighted by Gasteiger charge is 2.23. The first-order valence-corrected chi connectivity index (χ1v) is 8.34. The van der Waals surface area contributed by atoms with Gasteiger partial charge in [0.1, 0.15) is 0 Å². The molecule has 0 aliphatic heterocycles. The van der Waals surface area contributed by atoms with E-state index in [1.165, 1.54) is 10.4 Å². The number of hydrogen-bond acceptors (Lipinski definition) is 4. The monoisotopic (exact) mass is 301 g/mol. The first-order valence-electron chi connectivity index (χ1n) is 6.90. The molecule has 1 rings (SSSR count). The zero-order chi connectivity index (χ0) is 15.2. The van der Waals surface area contributed by atoms with E-state index in [2.05, 4.69) is 0 Å². The fraction of sp³-hybridized carbons (Fsp3) is 0.571. The van der Waals surface area contributed by atoms with Gasteiger partial charge in [-0.05, 0) is 26.0 Å². The number of ether oxygens (including phenoxy) is 2. The molecule has 5 nitrogen and oxygen atoms in total. The molecule has 114 valence electrons. The van der Waals surface area contributed by atoms with E-state index in [9.17, 15) is 8.42 Å². The molecule has 0 fully saturated rings. The minimum absolute atomic E-state index is 0.230. The number of rotatable bonds is 8. The summed E-state index contributed by atoms with van der Waals surface area (Å²) in [6.45, 7) is 9.19. The van der Waals surface area contributed by atoms with E-state index in [1.807, 2.05) is 27.7 Å². The third kappa shape index (κ3) is 3.64. The van der Waals surface area contributed by atoms with Crippen LogP contribution in [-0.4, -0.2) is 39.0 Å². The van der Waals surface area contributed by atoms with Crippen molar-refractivity contribution in [3.63, 3.8) is 0 Å². The van der Waals surface area contributed by atoms with Crippen molar-refractivity contribution in [2.24, 2.45) is 0 Å². The van der Waals surface area contributed by atoms with Crippen molar-refractivity contribution in [2.45, 2.75) is 32.6 Å². The van der Waals surface area contributed by atoms with Crippen molar-refractivity contribution < 1.29 is 17.9 Å². The fourth-order valence-electron chi connectivity index (χ4n) is 1.90. The molecular weight excluding hydrogens is 278 g/mol. The molecule has 0 amide bonds. The Kier molecular flexibility index (Phi) is 6.29. The molecule has 0 saturated heterocycles. The largest absolute Gasteiger partial charge is 0.490 e. The normalized spacial score (nSPS) is 11.7. The lowest BCUT2D eigenvalue weighted by molar-refractivity contribution is 0.287. The standard InChI is InChI=1S/C14H23NO4S/c1-5-15(6-2)20(16,17)12-9-10-13(18-7-3)14(11-12)19-8-4/h9-11H,5-8H2,1-4H3. The molecule has 20 heavy (non-hydrogen) atoms. The number of nitrogens with zero attached hydrogens (tertiary/aromatic N) is 1. The van der Waals surface area contributed by atoms with Gasteiger partial charge in [-0.3, -0.25) is 0 Å². The Balaban J connectivity index is 3.23. The summed E-state index contributed by atoms with van der Waals surface area (Å²) in [4.78, 5) is 0.230. The fourth-order valence-corrected chi connectivity index (χ4v) is 3.38. The van der Waals surface area contributed by atoms with E-state index in [0.29, 0.717) is 37.8 Å². The van der Waals surface area contributed by atoms with Gasteiger partial charge in [0.2, 0.25) is 10.0 Å². The maximum absolute atomic E-state index is 12.4. The molecule has 0 bridgehead atoms. The molecule has 0 saturated carbocycles. The SMILES string of the molecule is CCOc1ccc(S(=O)(=O)N(CC)CC)cc1OCC. The first-order chi connectivity index (χ1) is 9.51. The lowest BCUT2D eigenvalue weighted by atomic mass is 10.3. The second-order valence-corrected chi connectivity index (χ2v) is 6.00. The van der Waals surface area contributed by atoms with Gasteiger partial charge in [0.05, 0.1) is 18.1 Å². The van der Waals surface area contributed by atoms with Gasteiger partial charge in [-0.1, -0.05) is 13.8 Å². The van der Waals surface area contributed by atoms with E-state index >= 15 is 0 Å². The summed E-state index contributed by atoms with van der Waals surface area (Å²) in [6, 6.07) is 4.73. The van der Waals surface area contributed by atoms with Crippen molar-refractivity contribution in [1.29, 1.82) is 0 Å². The highest BCUT2D eigenvalue weighted by molar-refractivity contribution is 7.89. The predicted octanol–water partition coefficient (Wildman–Crippen LogP) is 2.51. The lowest BCUT2D eigenvalue weighted by Crippen LogP contribution is -2.30. The van der Waals surface area contributed by atoms with Crippen LogP contribution in [0, 0.1) is 0 Å². The number of sulfonamides is 1. The van der Waals surface area contributed by atoms with Crippen LogP contribution >= 0.6 is 0 Å². The van der Waals surface area contributed by atoms with E-state index in [-0.39, 0.29) is 4.90 Å². The number of hydrogen-bond donors (Lipinski definition) is 0. The van der Waals surface area contributed by atoms with Gasteiger partial charge in [-0.15, -0.1) is 0 Å². The van der Waals surface area contributed by atoms with Crippen molar-refractivity contribution in [2.75, 3.05) is 26.3 Å². The summed E-state index contributed by atoms with van der Waals surface area (Å²) in [5.41, 5.74) is 0. The zero-order valence-electron chi connectivity index (χ0n) is 12.5. The van der Waals surface area contributed by atoms with E-state index < -0.39 is 10.0 Å². The number of benzene rings is 1. The molecule has 0 aliphatic carbocycles. The van der Waals surface area contributed by atoms with Crippen LogP contribution in [0.2, 0.25) is 0 Å². The molecule has 0 spiro atoms. The summed E-state index contributed by atoms with van der Waals surface area (Å²) in [6.07, 6.45) is 0. The predicted molar refractivity (Wildman–Crippen MR) is 78.9 cm³/mol. The van der Waals surface area contributed by atoms with Crippen LogP contribution in [-0.2, 0) is 10.0 Å². The van der Waals surface area contributed by atoms with Crippen LogP contribution in [0.4, 0.5) is 0 Å². The highest BCUT2D eigenvalue weighted by atomic mass is 32.2. The van der Waals surface area contributed by atoms with Crippen molar-refractivity contribution >= 4 is 10.0 Å². The Morgan fingerprint density at radius 3 is 2.00 bits per heavy atom. The van der Waals surface area contributed by atoms with Crippen LogP contribution in [0.5, 0.6) is 11.5 Å². The average molecular weight is 301 g/mol. The summed E-state index contributed by atoms with van der Waals surface area (Å²) >= 11 is 0. The molecule has 0 N–H and O–H groups in total. The Hall–Kier alpha value is -1.27. The topological polar surface area (TPSA) is 55.8 Å². The van der Waals surface area contributed by atoms with Gasteiger partial charge < -0.3 is 9.47 Å². The Labute approximate surface area is 121 Å². The molecule has 1 aromatic rings. The van der Waals surface area contributed by atoms with E-state index in [1.54, 1.807) is 12.1 Å². The van der Waals surface area contributed by atoms with E-state index in [4.69, 9.17) is 9.47 Å². The second-order valence-electron chi connectivity index (χ2n) is 4.06. The molecule has 0 aromatic heterocycles. The van der Waals surface area contributed by atoms with Crippen LogP contribution in [0.25, 0.3) is 0 Å². The minimum atomic E-state index is -3.48. The van der Waals surface area contributed by atoms with Gasteiger partial charge in [0.15, 0.2) is 11.5 Å². The Morgan fingerprint density at radius 1 is 0.950 bits per heavy atom. The summed E-state index contributed by atoms with van der Waals surface area (Å²) in [5.74, 6) is 1.02. The van der Waals surface area contributed by atoms with Crippen LogP contribution in [0.15, 0.2) is 23.1 Å². The third-order valence-electron chi connectivity index (χ3n) is 2.86. The lowest BCUT2D eigenvalue weighted by Gasteiger charge is -2.19. The van der Waals surface area contributed by atoms with E-state index in [0.717, 1.165) is 0 Å². The summed E-state index contributed by atoms with van der Waals surface area (Å²) in [7, 11) is -3.48. The van der Waals surface area contributed by atoms with Crippen LogP contribution in [0.3, 0.4) is 0 Å². The van der Waals surface area contributed by atoms with Gasteiger partial charge >= 0.3 is 0 Å². The van der Waals surface area contributed by atoms with Crippen molar-refractivity contribution in [3.8, 4) is 11.5 Å². The van der Waals surface area contributed by atoms with Gasteiger partial charge in [-0.2, -0.15) is 4.31 Å². The molecule has 0 aliphatic rings. The molecule has 0 unspecified atom stereocenters. The zero-order valence-corrected chi connectivity index (χ0v) is 13.4. The van der Waals surface area contributed by atoms with Crippen LogP contribution < -0.4 is 9.47 Å². The van der Waals surface area contributed by atoms with Crippen LogP contribution in [0.1, 0.15) is 27.7 Å². The maximum Gasteiger partial charge on any atom is 0.243 e. The third-order valence-corrected chi connectivity index (χ3v) is 4.90. The Morgan fingerprint density at radius 2 is 1.50 bits per heavy atom. The molecule has 0 heterocycles. The smallest absolute Gasteiger partial charge is 0.243 e. The quantitative estimate of drug-likeness (QED) is 0.740. The first kappa shape index (κ1) is 16.8. The molecule has 1 aromatic carbocycles. The van der Waals surface area contributed by atoms with Gasteiger partial charge in [-0.25, -0.2) is 8.42 Å². The average Bonchev–Trinajstić information content (AvgIpc) is 2.42. The molecular formula is C14H23NO4S. The van der Waals surface area contributed by atoms with Crippen molar-refractivity contribution in [3.05, 3.63) is 18.2 Å². The second kappa shape index (κ2) is 7.50. The minimum Gasteiger partial charge on any atom is -0.490 e. The summed E-state index contributed by atoms with van der Waals surface area (Å²) in [5, 5.41) is 0. The van der Waals surface area contributed by atoms with Gasteiger partial charge in [0.25, 0.3) is 0 Å².